The van der Waals surface area contributed by atoms with Crippen LogP contribution >= 0.6 is 0 Å². The minimum Gasteiger partial charge on any atom is -0.466 e. The molecule has 0 saturated carbocycles. The first kappa shape index (κ1) is 11.7. The monoisotopic (exact) mass is 213 g/mol. The first-order chi connectivity index (χ1) is 7.06. The highest BCUT2D eigenvalue weighted by Crippen LogP contribution is 2.14. The molecule has 0 aromatic heterocycles. The Bertz CT molecular complexity index is 271. The number of imide groups is 1. The van der Waals surface area contributed by atoms with Crippen LogP contribution in [-0.4, -0.2) is 35.8 Å². The van der Waals surface area contributed by atoms with E-state index in [0.29, 0.717) is 6.61 Å². The highest BCUT2D eigenvalue weighted by Gasteiger charge is 2.31. The van der Waals surface area contributed by atoms with Crippen molar-refractivity contribution < 1.29 is 19.1 Å². The Morgan fingerprint density at radius 3 is 2.40 bits per heavy atom. The molecule has 0 unspecified atom stereocenters. The molecule has 1 atom stereocenters. The van der Waals surface area contributed by atoms with Gasteiger partial charge >= 0.3 is 5.97 Å². The molecule has 1 rings (SSSR count). The molecule has 1 aliphatic rings. The maximum atomic E-state index is 11.3. The summed E-state index contributed by atoms with van der Waals surface area (Å²) < 4.78 is 4.80. The van der Waals surface area contributed by atoms with Gasteiger partial charge in [-0.05, 0) is 6.92 Å². The second kappa shape index (κ2) is 4.91. The summed E-state index contributed by atoms with van der Waals surface area (Å²) in [5.41, 5.74) is 0. The molecule has 0 N–H and O–H groups in total. The number of nitrogens with zero attached hydrogens (tertiary/aromatic N) is 1. The molecule has 0 aliphatic carbocycles. The average Bonchev–Trinajstić information content (AvgIpc) is 2.49. The van der Waals surface area contributed by atoms with Crippen molar-refractivity contribution in [3.8, 4) is 0 Å². The molecule has 0 spiro atoms. The maximum Gasteiger partial charge on any atom is 0.310 e. The van der Waals surface area contributed by atoms with E-state index < -0.39 is 5.92 Å². The number of hydrogen-bond donors (Lipinski definition) is 0. The van der Waals surface area contributed by atoms with Gasteiger partial charge in [-0.1, -0.05) is 6.92 Å². The van der Waals surface area contributed by atoms with Crippen molar-refractivity contribution in [1.82, 2.24) is 4.90 Å². The van der Waals surface area contributed by atoms with Crippen LogP contribution in [0.4, 0.5) is 0 Å². The van der Waals surface area contributed by atoms with Crippen molar-refractivity contribution in [3.05, 3.63) is 0 Å². The number of amides is 2. The van der Waals surface area contributed by atoms with Crippen LogP contribution in [-0.2, 0) is 19.1 Å². The van der Waals surface area contributed by atoms with Crippen molar-refractivity contribution >= 4 is 17.8 Å². The maximum absolute atomic E-state index is 11.3. The third kappa shape index (κ3) is 2.78. The van der Waals surface area contributed by atoms with Crippen LogP contribution in [0.2, 0.25) is 0 Å². The van der Waals surface area contributed by atoms with Crippen LogP contribution in [0.25, 0.3) is 0 Å². The first-order valence-electron chi connectivity index (χ1n) is 5.06. The molecule has 1 aliphatic heterocycles. The highest BCUT2D eigenvalue weighted by atomic mass is 16.5. The summed E-state index contributed by atoms with van der Waals surface area (Å²) >= 11 is 0. The molecule has 1 saturated heterocycles. The van der Waals surface area contributed by atoms with Crippen molar-refractivity contribution in [1.29, 1.82) is 0 Å². The second-order valence-corrected chi connectivity index (χ2v) is 3.55. The first-order valence-corrected chi connectivity index (χ1v) is 5.06. The van der Waals surface area contributed by atoms with Crippen LogP contribution in [0.1, 0.15) is 26.7 Å². The lowest BCUT2D eigenvalue weighted by Gasteiger charge is -2.17. The molecule has 1 fully saturated rings. The second-order valence-electron chi connectivity index (χ2n) is 3.55. The number of likely N-dealkylation sites (tertiary alicyclic amines) is 1. The Balaban J connectivity index is 2.50. The summed E-state index contributed by atoms with van der Waals surface area (Å²) in [7, 11) is 0. The fourth-order valence-electron chi connectivity index (χ4n) is 1.46. The molecule has 0 radical (unpaired) electrons. The van der Waals surface area contributed by atoms with Crippen LogP contribution in [0.5, 0.6) is 0 Å². The Morgan fingerprint density at radius 1 is 1.40 bits per heavy atom. The largest absolute Gasteiger partial charge is 0.466 e. The number of ether oxygens (including phenoxy) is 1. The smallest absolute Gasteiger partial charge is 0.310 e. The molecule has 0 bridgehead atoms. The normalized spacial score (nSPS) is 18.1. The average molecular weight is 213 g/mol. The van der Waals surface area contributed by atoms with E-state index in [1.165, 1.54) is 0 Å². The van der Waals surface area contributed by atoms with E-state index in [2.05, 4.69) is 0 Å². The van der Waals surface area contributed by atoms with Crippen molar-refractivity contribution in [2.75, 3.05) is 13.2 Å². The van der Waals surface area contributed by atoms with Crippen molar-refractivity contribution in [3.63, 3.8) is 0 Å². The summed E-state index contributed by atoms with van der Waals surface area (Å²) in [6.45, 7) is 3.81. The van der Waals surface area contributed by atoms with Crippen molar-refractivity contribution in [2.24, 2.45) is 5.92 Å². The Kier molecular flexibility index (Phi) is 3.82. The van der Waals surface area contributed by atoms with Crippen LogP contribution < -0.4 is 0 Å². The van der Waals surface area contributed by atoms with E-state index in [9.17, 15) is 14.4 Å². The fraction of sp³-hybridized carbons (Fsp3) is 0.700. The van der Waals surface area contributed by atoms with Crippen LogP contribution in [0.3, 0.4) is 0 Å². The fourth-order valence-corrected chi connectivity index (χ4v) is 1.46. The number of hydrogen-bond acceptors (Lipinski definition) is 4. The lowest BCUT2D eigenvalue weighted by Crippen LogP contribution is -2.36. The summed E-state index contributed by atoms with van der Waals surface area (Å²) in [6, 6.07) is 0. The van der Waals surface area contributed by atoms with Gasteiger partial charge in [0.2, 0.25) is 11.8 Å². The topological polar surface area (TPSA) is 63.7 Å². The van der Waals surface area contributed by atoms with Gasteiger partial charge < -0.3 is 4.74 Å². The Morgan fingerprint density at radius 2 is 1.93 bits per heavy atom. The lowest BCUT2D eigenvalue weighted by molar-refractivity contribution is -0.149. The lowest BCUT2D eigenvalue weighted by atomic mass is 10.2. The van der Waals surface area contributed by atoms with Gasteiger partial charge in [0.25, 0.3) is 0 Å². The molecular formula is C10H15NO4. The Hall–Kier alpha value is -1.39. The molecule has 15 heavy (non-hydrogen) atoms. The van der Waals surface area contributed by atoms with Gasteiger partial charge in [-0.3, -0.25) is 19.3 Å². The van der Waals surface area contributed by atoms with E-state index in [0.717, 1.165) is 4.90 Å². The van der Waals surface area contributed by atoms with Crippen LogP contribution in [0, 0.1) is 5.92 Å². The van der Waals surface area contributed by atoms with Crippen LogP contribution in [0.15, 0.2) is 0 Å². The number of esters is 1. The zero-order valence-corrected chi connectivity index (χ0v) is 8.99. The van der Waals surface area contributed by atoms with Gasteiger partial charge in [0.15, 0.2) is 0 Å². The van der Waals surface area contributed by atoms with Gasteiger partial charge in [-0.2, -0.15) is 0 Å². The van der Waals surface area contributed by atoms with E-state index in [1.807, 2.05) is 0 Å². The number of carbonyl (C=O) groups excluding carboxylic acids is 3. The van der Waals surface area contributed by atoms with E-state index >= 15 is 0 Å². The number of carbonyl (C=O) groups is 3. The molecule has 2 amide bonds. The molecule has 0 aromatic carbocycles. The third-order valence-corrected chi connectivity index (χ3v) is 2.30. The van der Waals surface area contributed by atoms with Gasteiger partial charge in [-0.25, -0.2) is 0 Å². The van der Waals surface area contributed by atoms with Crippen molar-refractivity contribution in [2.45, 2.75) is 26.7 Å². The molecule has 5 nitrogen and oxygen atoms in total. The third-order valence-electron chi connectivity index (χ3n) is 2.30. The number of rotatable bonds is 4. The minimum absolute atomic E-state index is 0.135. The molecule has 5 heteroatoms. The van der Waals surface area contributed by atoms with Gasteiger partial charge in [0.05, 0.1) is 12.5 Å². The predicted molar refractivity (Wildman–Crippen MR) is 51.8 cm³/mol. The standard InChI is InChI=1S/C10H15NO4/c1-3-15-10(14)7(2)6-11-8(12)4-5-9(11)13/h7H,3-6H2,1-2H3/t7-/m0/s1. The zero-order valence-electron chi connectivity index (χ0n) is 8.99. The SMILES string of the molecule is CCOC(=O)[C@@H](C)CN1C(=O)CCC1=O. The minimum atomic E-state index is -0.448. The molecule has 1 heterocycles. The summed E-state index contributed by atoms with van der Waals surface area (Å²) in [5, 5.41) is 0. The van der Waals surface area contributed by atoms with E-state index in [1.54, 1.807) is 13.8 Å². The van der Waals surface area contributed by atoms with Gasteiger partial charge in [0, 0.05) is 19.4 Å². The van der Waals surface area contributed by atoms with Gasteiger partial charge in [-0.15, -0.1) is 0 Å². The predicted octanol–water partition coefficient (Wildman–Crippen LogP) is 0.335. The Labute approximate surface area is 88.4 Å². The van der Waals surface area contributed by atoms with Gasteiger partial charge in [0.1, 0.15) is 0 Å². The molecule has 84 valence electrons. The van der Waals surface area contributed by atoms with E-state index in [4.69, 9.17) is 4.74 Å². The van der Waals surface area contributed by atoms with E-state index in [-0.39, 0.29) is 37.2 Å². The summed E-state index contributed by atoms with van der Waals surface area (Å²) in [6.07, 6.45) is 0.517. The molecule has 0 aromatic rings. The summed E-state index contributed by atoms with van der Waals surface area (Å²) in [4.78, 5) is 34.9. The molecular weight excluding hydrogens is 198 g/mol. The zero-order chi connectivity index (χ0) is 11.4. The quantitative estimate of drug-likeness (QED) is 0.499. The summed E-state index contributed by atoms with van der Waals surface area (Å²) in [5.74, 6) is -1.21. The highest BCUT2D eigenvalue weighted by molar-refractivity contribution is 6.02.